The third-order valence-electron chi connectivity index (χ3n) is 4.00. The number of benzene rings is 1. The summed E-state index contributed by atoms with van der Waals surface area (Å²) in [5.74, 6) is 2.25. The molecule has 1 fully saturated rings. The van der Waals surface area contributed by atoms with Crippen molar-refractivity contribution in [3.8, 4) is 17.1 Å². The van der Waals surface area contributed by atoms with Crippen LogP contribution in [-0.4, -0.2) is 16.6 Å². The highest BCUT2D eigenvalue weighted by Gasteiger charge is 2.19. The van der Waals surface area contributed by atoms with Crippen LogP contribution in [0.4, 0.5) is 0 Å². The van der Waals surface area contributed by atoms with Gasteiger partial charge in [-0.05, 0) is 43.9 Å². The maximum Gasteiger partial charge on any atom is 0.142 e. The summed E-state index contributed by atoms with van der Waals surface area (Å²) in [5.41, 5.74) is 2.19. The van der Waals surface area contributed by atoms with Crippen LogP contribution >= 0.6 is 12.2 Å². The maximum atomic E-state index is 5.70. The Balaban J connectivity index is 2.04. The van der Waals surface area contributed by atoms with Gasteiger partial charge in [0.2, 0.25) is 0 Å². The topological polar surface area (TPSA) is 37.9 Å². The number of hydrogen-bond donors (Lipinski definition) is 1. The molecule has 1 aromatic heterocycles. The molecule has 21 heavy (non-hydrogen) atoms. The molecule has 1 heterocycles. The van der Waals surface area contributed by atoms with Gasteiger partial charge in [-0.1, -0.05) is 37.2 Å². The summed E-state index contributed by atoms with van der Waals surface area (Å²) in [6.45, 7) is 2.63. The molecule has 1 aliphatic rings. The molecule has 1 saturated carbocycles. The molecule has 0 atom stereocenters. The van der Waals surface area contributed by atoms with Gasteiger partial charge in [0.25, 0.3) is 0 Å². The lowest BCUT2D eigenvalue weighted by Crippen LogP contribution is -2.02. The van der Waals surface area contributed by atoms with Gasteiger partial charge in [-0.2, -0.15) is 0 Å². The van der Waals surface area contributed by atoms with Gasteiger partial charge in [0, 0.05) is 5.69 Å². The molecule has 1 N–H and O–H groups in total. The summed E-state index contributed by atoms with van der Waals surface area (Å²) >= 11 is 5.36. The summed E-state index contributed by atoms with van der Waals surface area (Å²) in [4.78, 5) is 7.98. The van der Waals surface area contributed by atoms with Gasteiger partial charge >= 0.3 is 0 Å². The minimum atomic E-state index is 0.590. The van der Waals surface area contributed by atoms with E-state index in [0.717, 1.165) is 17.1 Å². The minimum Gasteiger partial charge on any atom is -0.493 e. The van der Waals surface area contributed by atoms with E-state index >= 15 is 0 Å². The second-order valence-corrected chi connectivity index (χ2v) is 5.85. The lowest BCUT2D eigenvalue weighted by Gasteiger charge is -2.13. The second-order valence-electron chi connectivity index (χ2n) is 5.43. The van der Waals surface area contributed by atoms with Crippen molar-refractivity contribution in [2.24, 2.45) is 0 Å². The standard InChI is InChI=1S/C17H20N2OS/c1-2-20-15-10-6-5-9-13(15)17-18-14(11-16(21)19-17)12-7-3-4-8-12/h5-6,9-12H,2-4,7-8H2,1H3,(H,18,19,21). The summed E-state index contributed by atoms with van der Waals surface area (Å²) in [7, 11) is 0. The molecule has 1 aromatic carbocycles. The highest BCUT2D eigenvalue weighted by Crippen LogP contribution is 2.34. The van der Waals surface area contributed by atoms with Crippen molar-refractivity contribution >= 4 is 12.2 Å². The van der Waals surface area contributed by atoms with Crippen LogP contribution in [0.25, 0.3) is 11.4 Å². The Kier molecular flexibility index (Phi) is 4.34. The quantitative estimate of drug-likeness (QED) is 0.819. The van der Waals surface area contributed by atoms with Gasteiger partial charge in [-0.3, -0.25) is 0 Å². The van der Waals surface area contributed by atoms with E-state index < -0.39 is 0 Å². The zero-order valence-electron chi connectivity index (χ0n) is 12.3. The average molecular weight is 300 g/mol. The molecule has 3 nitrogen and oxygen atoms in total. The number of aromatic amines is 1. The highest BCUT2D eigenvalue weighted by atomic mass is 32.1. The third-order valence-corrected chi connectivity index (χ3v) is 4.21. The number of nitrogens with one attached hydrogen (secondary N) is 1. The number of H-pyrrole nitrogens is 1. The zero-order valence-corrected chi connectivity index (χ0v) is 13.1. The molecule has 4 heteroatoms. The first-order valence-corrected chi connectivity index (χ1v) is 8.02. The molecule has 0 saturated heterocycles. The molecule has 1 aliphatic carbocycles. The molecule has 0 aliphatic heterocycles. The Morgan fingerprint density at radius 1 is 1.29 bits per heavy atom. The van der Waals surface area contributed by atoms with E-state index in [1.807, 2.05) is 37.3 Å². The molecule has 3 rings (SSSR count). The van der Waals surface area contributed by atoms with Crippen LogP contribution in [0.3, 0.4) is 0 Å². The van der Waals surface area contributed by atoms with E-state index in [2.05, 4.69) is 9.97 Å². The molecule has 0 spiro atoms. The number of hydrogen-bond acceptors (Lipinski definition) is 3. The number of aromatic nitrogens is 2. The number of para-hydroxylation sites is 1. The summed E-state index contributed by atoms with van der Waals surface area (Å²) < 4.78 is 6.35. The maximum absolute atomic E-state index is 5.70. The molecule has 0 radical (unpaired) electrons. The van der Waals surface area contributed by atoms with Crippen molar-refractivity contribution in [3.63, 3.8) is 0 Å². The number of ether oxygens (including phenoxy) is 1. The molecular formula is C17H20N2OS. The van der Waals surface area contributed by atoms with Gasteiger partial charge in [0.05, 0.1) is 12.2 Å². The number of nitrogens with zero attached hydrogens (tertiary/aromatic N) is 1. The van der Waals surface area contributed by atoms with Crippen LogP contribution in [0.5, 0.6) is 5.75 Å². The smallest absolute Gasteiger partial charge is 0.142 e. The molecule has 0 amide bonds. The number of rotatable bonds is 4. The fourth-order valence-corrected chi connectivity index (χ4v) is 3.22. The van der Waals surface area contributed by atoms with E-state index in [-0.39, 0.29) is 0 Å². The normalized spacial score (nSPS) is 15.3. The van der Waals surface area contributed by atoms with Crippen LogP contribution in [0.1, 0.15) is 44.2 Å². The predicted molar refractivity (Wildman–Crippen MR) is 87.2 cm³/mol. The van der Waals surface area contributed by atoms with E-state index in [1.165, 1.54) is 31.4 Å². The fraction of sp³-hybridized carbons (Fsp3) is 0.412. The first-order chi connectivity index (χ1) is 10.3. The van der Waals surface area contributed by atoms with Crippen molar-refractivity contribution in [2.45, 2.75) is 38.5 Å². The Hall–Kier alpha value is -1.68. The Bertz CT molecular complexity index is 674. The Labute approximate surface area is 130 Å². The van der Waals surface area contributed by atoms with Crippen LogP contribution in [0.15, 0.2) is 30.3 Å². The summed E-state index contributed by atoms with van der Waals surface area (Å²) in [6, 6.07) is 9.98. The first-order valence-electron chi connectivity index (χ1n) is 7.61. The monoisotopic (exact) mass is 300 g/mol. The minimum absolute atomic E-state index is 0.590. The molecule has 0 bridgehead atoms. The average Bonchev–Trinajstić information content (AvgIpc) is 3.02. The van der Waals surface area contributed by atoms with Crippen molar-refractivity contribution < 1.29 is 4.74 Å². The SMILES string of the molecule is CCOc1ccccc1-c1nc(=S)cc(C2CCCC2)[nH]1. The molecule has 2 aromatic rings. The van der Waals surface area contributed by atoms with Crippen LogP contribution in [0.2, 0.25) is 0 Å². The highest BCUT2D eigenvalue weighted by molar-refractivity contribution is 7.71. The lowest BCUT2D eigenvalue weighted by atomic mass is 10.0. The van der Waals surface area contributed by atoms with Gasteiger partial charge in [0.15, 0.2) is 0 Å². The van der Waals surface area contributed by atoms with Gasteiger partial charge in [-0.15, -0.1) is 0 Å². The van der Waals surface area contributed by atoms with Crippen LogP contribution in [0, 0.1) is 4.64 Å². The third kappa shape index (κ3) is 3.16. The van der Waals surface area contributed by atoms with Crippen LogP contribution in [-0.2, 0) is 0 Å². The van der Waals surface area contributed by atoms with Crippen LogP contribution < -0.4 is 4.74 Å². The summed E-state index contributed by atoms with van der Waals surface area (Å²) in [6.07, 6.45) is 5.08. The van der Waals surface area contributed by atoms with Gasteiger partial charge in [-0.25, -0.2) is 4.98 Å². The van der Waals surface area contributed by atoms with E-state index in [4.69, 9.17) is 17.0 Å². The van der Waals surface area contributed by atoms with Gasteiger partial charge < -0.3 is 9.72 Å². The predicted octanol–water partition coefficient (Wildman–Crippen LogP) is 4.86. The second kappa shape index (κ2) is 6.39. The first kappa shape index (κ1) is 14.3. The van der Waals surface area contributed by atoms with Crippen molar-refractivity contribution in [1.29, 1.82) is 0 Å². The Morgan fingerprint density at radius 3 is 2.81 bits per heavy atom. The Morgan fingerprint density at radius 2 is 2.05 bits per heavy atom. The molecule has 0 unspecified atom stereocenters. The van der Waals surface area contributed by atoms with Crippen molar-refractivity contribution in [2.75, 3.05) is 6.61 Å². The van der Waals surface area contributed by atoms with E-state index in [0.29, 0.717) is 17.2 Å². The van der Waals surface area contributed by atoms with Crippen molar-refractivity contribution in [1.82, 2.24) is 9.97 Å². The van der Waals surface area contributed by atoms with Gasteiger partial charge in [0.1, 0.15) is 16.2 Å². The zero-order chi connectivity index (χ0) is 14.7. The fourth-order valence-electron chi connectivity index (χ4n) is 3.00. The summed E-state index contributed by atoms with van der Waals surface area (Å²) in [5, 5.41) is 0. The van der Waals surface area contributed by atoms with E-state index in [1.54, 1.807) is 0 Å². The van der Waals surface area contributed by atoms with Crippen molar-refractivity contribution in [3.05, 3.63) is 40.7 Å². The largest absolute Gasteiger partial charge is 0.493 e. The van der Waals surface area contributed by atoms with E-state index in [9.17, 15) is 0 Å². The lowest BCUT2D eigenvalue weighted by molar-refractivity contribution is 0.341. The molecular weight excluding hydrogens is 280 g/mol. The molecule has 110 valence electrons.